The number of rotatable bonds is 9. The van der Waals surface area contributed by atoms with Gasteiger partial charge in [0.05, 0.1) is 6.42 Å². The van der Waals surface area contributed by atoms with Crippen LogP contribution < -0.4 is 5.32 Å². The number of carboxylic acid groups (broad SMARTS) is 1. The Morgan fingerprint density at radius 3 is 2.33 bits per heavy atom. The summed E-state index contributed by atoms with van der Waals surface area (Å²) in [4.78, 5) is 25.6. The molecule has 0 atom stereocenters. The third-order valence-electron chi connectivity index (χ3n) is 2.70. The Labute approximate surface area is 109 Å². The largest absolute Gasteiger partial charge is 0.481 e. The van der Waals surface area contributed by atoms with E-state index in [-0.39, 0.29) is 19.0 Å². The summed E-state index contributed by atoms with van der Waals surface area (Å²) in [6.07, 6.45) is 1.07. The Morgan fingerprint density at radius 2 is 1.83 bits per heavy atom. The molecule has 18 heavy (non-hydrogen) atoms. The lowest BCUT2D eigenvalue weighted by molar-refractivity contribution is -0.137. The summed E-state index contributed by atoms with van der Waals surface area (Å²) in [6, 6.07) is -0.219. The van der Waals surface area contributed by atoms with Crippen molar-refractivity contribution in [1.82, 2.24) is 15.1 Å². The van der Waals surface area contributed by atoms with Gasteiger partial charge in [-0.25, -0.2) is 4.79 Å². The molecule has 106 valence electrons. The van der Waals surface area contributed by atoms with Gasteiger partial charge in [-0.15, -0.1) is 0 Å². The van der Waals surface area contributed by atoms with Crippen molar-refractivity contribution in [1.29, 1.82) is 0 Å². The van der Waals surface area contributed by atoms with E-state index in [4.69, 9.17) is 5.11 Å². The van der Waals surface area contributed by atoms with Crippen LogP contribution in [0.2, 0.25) is 0 Å². The van der Waals surface area contributed by atoms with Crippen LogP contribution in [0.1, 0.15) is 26.7 Å². The van der Waals surface area contributed by atoms with Gasteiger partial charge in [-0.05, 0) is 19.5 Å². The molecule has 0 aliphatic heterocycles. The van der Waals surface area contributed by atoms with Crippen molar-refractivity contribution in [3.05, 3.63) is 0 Å². The van der Waals surface area contributed by atoms with Crippen LogP contribution in [0.5, 0.6) is 0 Å². The highest BCUT2D eigenvalue weighted by Crippen LogP contribution is 1.91. The number of carbonyl (C=O) groups excluding carboxylic acids is 1. The maximum atomic E-state index is 11.6. The van der Waals surface area contributed by atoms with E-state index in [1.165, 1.54) is 4.90 Å². The van der Waals surface area contributed by atoms with Gasteiger partial charge in [-0.2, -0.15) is 0 Å². The summed E-state index contributed by atoms with van der Waals surface area (Å²) in [6.45, 7) is 7.86. The standard InChI is InChI=1S/C12H25N3O3/c1-4-8-15(5-2)10-7-13-12(18)14(3)9-6-11(16)17/h4-10H2,1-3H3,(H,13,18)(H,16,17). The van der Waals surface area contributed by atoms with E-state index in [1.54, 1.807) is 7.05 Å². The highest BCUT2D eigenvalue weighted by atomic mass is 16.4. The molecule has 0 saturated heterocycles. The SMILES string of the molecule is CCCN(CC)CCNC(=O)N(C)CCC(=O)O. The first-order valence-electron chi connectivity index (χ1n) is 6.44. The fraction of sp³-hybridized carbons (Fsp3) is 0.833. The average molecular weight is 259 g/mol. The molecule has 0 fully saturated rings. The molecule has 0 bridgehead atoms. The second kappa shape index (κ2) is 9.70. The fourth-order valence-corrected chi connectivity index (χ4v) is 1.57. The van der Waals surface area contributed by atoms with E-state index >= 15 is 0 Å². The maximum absolute atomic E-state index is 11.6. The number of amides is 2. The van der Waals surface area contributed by atoms with Gasteiger partial charge in [0.2, 0.25) is 0 Å². The molecule has 6 heteroatoms. The Balaban J connectivity index is 3.77. The summed E-state index contributed by atoms with van der Waals surface area (Å²) in [5, 5.41) is 11.3. The first-order valence-corrected chi connectivity index (χ1v) is 6.44. The summed E-state index contributed by atoms with van der Waals surface area (Å²) < 4.78 is 0. The molecule has 0 aromatic carbocycles. The van der Waals surface area contributed by atoms with E-state index in [9.17, 15) is 9.59 Å². The molecule has 6 nitrogen and oxygen atoms in total. The number of urea groups is 1. The van der Waals surface area contributed by atoms with Crippen LogP contribution in [0.3, 0.4) is 0 Å². The second-order valence-corrected chi connectivity index (χ2v) is 4.23. The van der Waals surface area contributed by atoms with Crippen LogP contribution in [-0.4, -0.2) is 66.7 Å². The Hall–Kier alpha value is -1.30. The number of carbonyl (C=O) groups is 2. The molecule has 0 saturated carbocycles. The summed E-state index contributed by atoms with van der Waals surface area (Å²) >= 11 is 0. The fourth-order valence-electron chi connectivity index (χ4n) is 1.57. The van der Waals surface area contributed by atoms with Gasteiger partial charge in [0.1, 0.15) is 0 Å². The third kappa shape index (κ3) is 7.89. The quantitative estimate of drug-likeness (QED) is 0.643. The van der Waals surface area contributed by atoms with Crippen molar-refractivity contribution in [2.45, 2.75) is 26.7 Å². The highest BCUT2D eigenvalue weighted by molar-refractivity contribution is 5.74. The number of aliphatic carboxylic acids is 1. The van der Waals surface area contributed by atoms with Gasteiger partial charge in [-0.3, -0.25) is 4.79 Å². The zero-order valence-electron chi connectivity index (χ0n) is 11.6. The number of likely N-dealkylation sites (N-methyl/N-ethyl adjacent to an activating group) is 1. The minimum atomic E-state index is -0.894. The van der Waals surface area contributed by atoms with Gasteiger partial charge in [0.25, 0.3) is 0 Å². The molecule has 0 unspecified atom stereocenters. The molecule has 0 aliphatic carbocycles. The lowest BCUT2D eigenvalue weighted by Crippen LogP contribution is -2.42. The minimum absolute atomic E-state index is 0.0269. The number of hydrogen-bond donors (Lipinski definition) is 2. The maximum Gasteiger partial charge on any atom is 0.317 e. The van der Waals surface area contributed by atoms with E-state index < -0.39 is 5.97 Å². The minimum Gasteiger partial charge on any atom is -0.481 e. The number of nitrogens with one attached hydrogen (secondary N) is 1. The Kier molecular flexibility index (Phi) is 9.00. The van der Waals surface area contributed by atoms with E-state index in [0.717, 1.165) is 26.1 Å². The summed E-state index contributed by atoms with van der Waals surface area (Å²) in [5.74, 6) is -0.894. The molecular formula is C12H25N3O3. The Morgan fingerprint density at radius 1 is 1.17 bits per heavy atom. The number of carboxylic acids is 1. The molecule has 0 aromatic rings. The topological polar surface area (TPSA) is 72.9 Å². The Bertz CT molecular complexity index is 259. The zero-order valence-corrected chi connectivity index (χ0v) is 11.6. The first-order chi connectivity index (χ1) is 8.51. The van der Waals surface area contributed by atoms with E-state index in [0.29, 0.717) is 6.54 Å². The van der Waals surface area contributed by atoms with Gasteiger partial charge >= 0.3 is 12.0 Å². The zero-order chi connectivity index (χ0) is 14.0. The van der Waals surface area contributed by atoms with Crippen molar-refractivity contribution >= 4 is 12.0 Å². The molecule has 0 radical (unpaired) electrons. The van der Waals surface area contributed by atoms with Gasteiger partial charge in [0.15, 0.2) is 0 Å². The van der Waals surface area contributed by atoms with Gasteiger partial charge < -0.3 is 20.2 Å². The predicted molar refractivity (Wildman–Crippen MR) is 70.7 cm³/mol. The molecule has 0 spiro atoms. The molecule has 0 rings (SSSR count). The average Bonchev–Trinajstić information content (AvgIpc) is 2.34. The van der Waals surface area contributed by atoms with Crippen LogP contribution in [0.4, 0.5) is 4.79 Å². The van der Waals surface area contributed by atoms with Crippen molar-refractivity contribution in [3.8, 4) is 0 Å². The van der Waals surface area contributed by atoms with Crippen LogP contribution in [0, 0.1) is 0 Å². The second-order valence-electron chi connectivity index (χ2n) is 4.23. The molecule has 0 aromatic heterocycles. The molecule has 2 N–H and O–H groups in total. The smallest absolute Gasteiger partial charge is 0.317 e. The lowest BCUT2D eigenvalue weighted by Gasteiger charge is -2.21. The van der Waals surface area contributed by atoms with Crippen LogP contribution in [0.25, 0.3) is 0 Å². The van der Waals surface area contributed by atoms with Crippen molar-refractivity contribution < 1.29 is 14.7 Å². The highest BCUT2D eigenvalue weighted by Gasteiger charge is 2.09. The van der Waals surface area contributed by atoms with Crippen LogP contribution in [-0.2, 0) is 4.79 Å². The van der Waals surface area contributed by atoms with Crippen LogP contribution >= 0.6 is 0 Å². The number of hydrogen-bond acceptors (Lipinski definition) is 3. The molecule has 0 aliphatic rings. The summed E-state index contributed by atoms with van der Waals surface area (Å²) in [5.41, 5.74) is 0. The van der Waals surface area contributed by atoms with Gasteiger partial charge in [0, 0.05) is 26.7 Å². The van der Waals surface area contributed by atoms with Crippen molar-refractivity contribution in [2.24, 2.45) is 0 Å². The van der Waals surface area contributed by atoms with E-state index in [1.807, 2.05) is 0 Å². The molecular weight excluding hydrogens is 234 g/mol. The van der Waals surface area contributed by atoms with Crippen LogP contribution in [0.15, 0.2) is 0 Å². The van der Waals surface area contributed by atoms with Crippen molar-refractivity contribution in [2.75, 3.05) is 39.8 Å². The molecule has 0 heterocycles. The summed E-state index contributed by atoms with van der Waals surface area (Å²) in [7, 11) is 1.60. The lowest BCUT2D eigenvalue weighted by atomic mass is 10.4. The third-order valence-corrected chi connectivity index (χ3v) is 2.70. The van der Waals surface area contributed by atoms with Crippen molar-refractivity contribution in [3.63, 3.8) is 0 Å². The van der Waals surface area contributed by atoms with E-state index in [2.05, 4.69) is 24.1 Å². The monoisotopic (exact) mass is 259 g/mol. The normalized spacial score (nSPS) is 10.4. The number of nitrogens with zero attached hydrogens (tertiary/aromatic N) is 2. The predicted octanol–water partition coefficient (Wildman–Crippen LogP) is 0.834. The first kappa shape index (κ1) is 16.7. The molecule has 2 amide bonds. The van der Waals surface area contributed by atoms with Gasteiger partial charge in [-0.1, -0.05) is 13.8 Å².